The maximum absolute atomic E-state index is 13.5. The molecule has 2 amide bonds. The van der Waals surface area contributed by atoms with Gasteiger partial charge in [-0.05, 0) is 25.1 Å². The maximum atomic E-state index is 13.5. The zero-order valence-electron chi connectivity index (χ0n) is 12.2. The van der Waals surface area contributed by atoms with Crippen molar-refractivity contribution in [2.24, 2.45) is 0 Å². The van der Waals surface area contributed by atoms with Crippen LogP contribution >= 0.6 is 0 Å². The summed E-state index contributed by atoms with van der Waals surface area (Å²) in [6, 6.07) is 2.64. The molecule has 1 aromatic rings. The topological polar surface area (TPSA) is 35.6 Å². The van der Waals surface area contributed by atoms with Crippen LogP contribution in [0.5, 0.6) is 0 Å². The Balaban J connectivity index is 1.86. The van der Waals surface area contributed by atoms with Crippen molar-refractivity contribution in [2.75, 3.05) is 38.0 Å². The van der Waals surface area contributed by atoms with Crippen molar-refractivity contribution in [3.63, 3.8) is 0 Å². The van der Waals surface area contributed by atoms with E-state index in [1.165, 1.54) is 0 Å². The van der Waals surface area contributed by atoms with Crippen LogP contribution < -0.4 is 5.32 Å². The molecule has 0 radical (unpaired) electrons. The van der Waals surface area contributed by atoms with Gasteiger partial charge in [0.1, 0.15) is 11.6 Å². The molecule has 1 N–H and O–H groups in total. The highest BCUT2D eigenvalue weighted by Gasteiger charge is 2.21. The van der Waals surface area contributed by atoms with Crippen LogP contribution in [0, 0.1) is 11.6 Å². The molecule has 0 bridgehead atoms. The fourth-order valence-electron chi connectivity index (χ4n) is 2.34. The van der Waals surface area contributed by atoms with Crippen LogP contribution in [-0.2, 0) is 0 Å². The van der Waals surface area contributed by atoms with Crippen LogP contribution in [0.2, 0.25) is 0 Å². The minimum absolute atomic E-state index is 0.117. The number of hydrogen-bond acceptors (Lipinski definition) is 2. The molecular weight excluding hydrogens is 276 g/mol. The van der Waals surface area contributed by atoms with E-state index in [9.17, 15) is 13.6 Å². The Labute approximate surface area is 123 Å². The van der Waals surface area contributed by atoms with Crippen LogP contribution in [-0.4, -0.2) is 48.6 Å². The highest BCUT2D eigenvalue weighted by atomic mass is 19.1. The first-order valence-corrected chi connectivity index (χ1v) is 7.33. The lowest BCUT2D eigenvalue weighted by Crippen LogP contribution is -2.50. The first-order valence-electron chi connectivity index (χ1n) is 7.33. The highest BCUT2D eigenvalue weighted by molar-refractivity contribution is 5.89. The predicted octanol–water partition coefficient (Wildman–Crippen LogP) is 2.91. The number of anilines is 1. The van der Waals surface area contributed by atoms with Crippen LogP contribution in [0.15, 0.2) is 18.2 Å². The monoisotopic (exact) mass is 297 g/mol. The molecule has 0 unspecified atom stereocenters. The molecule has 1 aromatic carbocycles. The lowest BCUT2D eigenvalue weighted by Gasteiger charge is -2.34. The van der Waals surface area contributed by atoms with E-state index in [2.05, 4.69) is 17.1 Å². The number of piperazine rings is 1. The molecule has 21 heavy (non-hydrogen) atoms. The minimum Gasteiger partial charge on any atom is -0.322 e. The molecule has 116 valence electrons. The molecule has 0 aliphatic carbocycles. The standard InChI is InChI=1S/C15H21F2N3O/c1-2-3-6-19-7-9-20(10-8-19)15(21)18-14-11-12(16)4-5-13(14)17/h4-5,11H,2-3,6-10H2,1H3,(H,18,21). The van der Waals surface area contributed by atoms with Crippen LogP contribution in [0.4, 0.5) is 19.3 Å². The van der Waals surface area contributed by atoms with Crippen molar-refractivity contribution in [1.29, 1.82) is 0 Å². The number of nitrogens with zero attached hydrogens (tertiary/aromatic N) is 2. The van der Waals surface area contributed by atoms with Gasteiger partial charge in [0.25, 0.3) is 0 Å². The summed E-state index contributed by atoms with van der Waals surface area (Å²) in [7, 11) is 0. The summed E-state index contributed by atoms with van der Waals surface area (Å²) in [5, 5.41) is 2.43. The average Bonchev–Trinajstić information content (AvgIpc) is 2.49. The van der Waals surface area contributed by atoms with Crippen LogP contribution in [0.25, 0.3) is 0 Å². The molecule has 1 aliphatic rings. The Morgan fingerprint density at radius 1 is 1.24 bits per heavy atom. The molecule has 0 saturated carbocycles. The van der Waals surface area contributed by atoms with E-state index in [-0.39, 0.29) is 11.7 Å². The summed E-state index contributed by atoms with van der Waals surface area (Å²) in [6.07, 6.45) is 2.31. The van der Waals surface area contributed by atoms with Crippen molar-refractivity contribution in [3.8, 4) is 0 Å². The lowest BCUT2D eigenvalue weighted by molar-refractivity contribution is 0.146. The van der Waals surface area contributed by atoms with Gasteiger partial charge >= 0.3 is 6.03 Å². The van der Waals surface area contributed by atoms with E-state index in [1.807, 2.05) is 0 Å². The Kier molecular flexibility index (Phi) is 5.50. The van der Waals surface area contributed by atoms with Gasteiger partial charge in [0.05, 0.1) is 5.69 Å². The molecule has 0 atom stereocenters. The van der Waals surface area contributed by atoms with Gasteiger partial charge in [-0.1, -0.05) is 13.3 Å². The Morgan fingerprint density at radius 2 is 1.95 bits per heavy atom. The maximum Gasteiger partial charge on any atom is 0.322 e. The number of halogens is 2. The molecule has 1 saturated heterocycles. The van der Waals surface area contributed by atoms with Gasteiger partial charge in [0, 0.05) is 32.2 Å². The minimum atomic E-state index is -0.633. The number of carbonyl (C=O) groups is 1. The highest BCUT2D eigenvalue weighted by Crippen LogP contribution is 2.16. The van der Waals surface area contributed by atoms with Gasteiger partial charge in [-0.15, -0.1) is 0 Å². The SMILES string of the molecule is CCCCN1CCN(C(=O)Nc2cc(F)ccc2F)CC1. The summed E-state index contributed by atoms with van der Waals surface area (Å²) in [5.74, 6) is -1.21. The van der Waals surface area contributed by atoms with E-state index < -0.39 is 11.6 Å². The van der Waals surface area contributed by atoms with Crippen molar-refractivity contribution in [3.05, 3.63) is 29.8 Å². The van der Waals surface area contributed by atoms with Gasteiger partial charge in [-0.25, -0.2) is 13.6 Å². The molecule has 0 spiro atoms. The first-order chi connectivity index (χ1) is 10.1. The number of rotatable bonds is 4. The summed E-state index contributed by atoms with van der Waals surface area (Å²) < 4.78 is 26.6. The molecule has 1 heterocycles. The third-order valence-electron chi connectivity index (χ3n) is 3.66. The van der Waals surface area contributed by atoms with Gasteiger partial charge in [0.2, 0.25) is 0 Å². The number of amides is 2. The van der Waals surface area contributed by atoms with Crippen molar-refractivity contribution in [1.82, 2.24) is 9.80 Å². The lowest BCUT2D eigenvalue weighted by atomic mass is 10.2. The van der Waals surface area contributed by atoms with Gasteiger partial charge in [-0.2, -0.15) is 0 Å². The van der Waals surface area contributed by atoms with Crippen molar-refractivity contribution < 1.29 is 13.6 Å². The zero-order valence-corrected chi connectivity index (χ0v) is 12.2. The second-order valence-electron chi connectivity index (χ2n) is 5.24. The van der Waals surface area contributed by atoms with Gasteiger partial charge in [0.15, 0.2) is 0 Å². The third kappa shape index (κ3) is 4.39. The summed E-state index contributed by atoms with van der Waals surface area (Å²) in [5.41, 5.74) is -0.117. The number of benzene rings is 1. The largest absolute Gasteiger partial charge is 0.322 e. The molecule has 1 aliphatic heterocycles. The van der Waals surface area contributed by atoms with Crippen molar-refractivity contribution >= 4 is 11.7 Å². The number of carbonyl (C=O) groups excluding carboxylic acids is 1. The number of urea groups is 1. The Bertz CT molecular complexity index is 488. The van der Waals surface area contributed by atoms with E-state index >= 15 is 0 Å². The number of nitrogens with one attached hydrogen (secondary N) is 1. The van der Waals surface area contributed by atoms with Crippen LogP contribution in [0.1, 0.15) is 19.8 Å². The van der Waals surface area contributed by atoms with Crippen LogP contribution in [0.3, 0.4) is 0 Å². The fourth-order valence-corrected chi connectivity index (χ4v) is 2.34. The quantitative estimate of drug-likeness (QED) is 0.927. The molecule has 0 aromatic heterocycles. The van der Waals surface area contributed by atoms with E-state index in [0.29, 0.717) is 13.1 Å². The zero-order chi connectivity index (χ0) is 15.2. The first kappa shape index (κ1) is 15.7. The third-order valence-corrected chi connectivity index (χ3v) is 3.66. The van der Waals surface area contributed by atoms with E-state index in [4.69, 9.17) is 0 Å². The van der Waals surface area contributed by atoms with Crippen molar-refractivity contribution in [2.45, 2.75) is 19.8 Å². The summed E-state index contributed by atoms with van der Waals surface area (Å²) >= 11 is 0. The molecular formula is C15H21F2N3O. The van der Waals surface area contributed by atoms with E-state index in [1.54, 1.807) is 4.90 Å². The Hall–Kier alpha value is -1.69. The van der Waals surface area contributed by atoms with Gasteiger partial charge in [-0.3, -0.25) is 4.90 Å². The molecule has 2 rings (SSSR count). The molecule has 6 heteroatoms. The fraction of sp³-hybridized carbons (Fsp3) is 0.533. The number of unbranched alkanes of at least 4 members (excludes halogenated alkanes) is 1. The molecule has 1 fully saturated rings. The normalized spacial score (nSPS) is 16.0. The summed E-state index contributed by atoms with van der Waals surface area (Å²) in [4.78, 5) is 16.0. The molecule has 4 nitrogen and oxygen atoms in total. The average molecular weight is 297 g/mol. The summed E-state index contributed by atoms with van der Waals surface area (Å²) in [6.45, 7) is 6.04. The van der Waals surface area contributed by atoms with E-state index in [0.717, 1.165) is 50.7 Å². The second kappa shape index (κ2) is 7.36. The number of hydrogen-bond donors (Lipinski definition) is 1. The smallest absolute Gasteiger partial charge is 0.322 e. The predicted molar refractivity (Wildman–Crippen MR) is 78.3 cm³/mol. The van der Waals surface area contributed by atoms with Gasteiger partial charge < -0.3 is 10.2 Å². The second-order valence-corrected chi connectivity index (χ2v) is 5.24. The Morgan fingerprint density at radius 3 is 2.62 bits per heavy atom.